The molecule has 1 saturated heterocycles. The highest BCUT2D eigenvalue weighted by Crippen LogP contribution is 2.20. The number of nitrogens with zero attached hydrogens (tertiary/aromatic N) is 3. The Hall–Kier alpha value is -2.41. The highest BCUT2D eigenvalue weighted by molar-refractivity contribution is 6.05. The van der Waals surface area contributed by atoms with Crippen LogP contribution in [0, 0.1) is 6.92 Å². The van der Waals surface area contributed by atoms with Gasteiger partial charge in [-0.05, 0) is 26.1 Å². The summed E-state index contributed by atoms with van der Waals surface area (Å²) in [5, 5.41) is 9.26. The lowest BCUT2D eigenvalue weighted by molar-refractivity contribution is -0.144. The second-order valence-corrected chi connectivity index (χ2v) is 5.61. The zero-order chi connectivity index (χ0) is 15.9. The van der Waals surface area contributed by atoms with E-state index in [1.807, 2.05) is 13.0 Å². The number of carboxylic acid groups (broad SMARTS) is 1. The summed E-state index contributed by atoms with van der Waals surface area (Å²) >= 11 is 0. The quantitative estimate of drug-likeness (QED) is 0.853. The molecule has 7 heteroatoms. The number of imidazole rings is 1. The number of carbonyl (C=O) groups excluding carboxylic acids is 1. The molecule has 1 amide bonds. The topological polar surface area (TPSA) is 89.5 Å². The van der Waals surface area contributed by atoms with Crippen LogP contribution in [0.5, 0.6) is 0 Å². The van der Waals surface area contributed by atoms with E-state index in [0.29, 0.717) is 24.2 Å². The van der Waals surface area contributed by atoms with Crippen molar-refractivity contribution in [2.24, 2.45) is 0 Å². The fraction of sp³-hybridized carbons (Fsp3) is 0.400. The Labute approximate surface area is 127 Å². The summed E-state index contributed by atoms with van der Waals surface area (Å²) in [6, 6.07) is 4.74. The molecule has 1 aliphatic heterocycles. The number of likely N-dealkylation sites (N-methyl/N-ethyl adjacent to an activating group) is 1. The van der Waals surface area contributed by atoms with Crippen molar-refractivity contribution >= 4 is 22.9 Å². The van der Waals surface area contributed by atoms with Crippen molar-refractivity contribution in [2.45, 2.75) is 13.0 Å². The lowest BCUT2D eigenvalue weighted by Crippen LogP contribution is -2.56. The third kappa shape index (κ3) is 2.43. The minimum Gasteiger partial charge on any atom is -0.480 e. The van der Waals surface area contributed by atoms with Gasteiger partial charge in [0.05, 0.1) is 11.1 Å². The van der Waals surface area contributed by atoms with Gasteiger partial charge < -0.3 is 15.0 Å². The summed E-state index contributed by atoms with van der Waals surface area (Å²) in [6.07, 6.45) is 0. The van der Waals surface area contributed by atoms with Crippen molar-refractivity contribution < 1.29 is 14.7 Å². The fourth-order valence-corrected chi connectivity index (χ4v) is 2.82. The van der Waals surface area contributed by atoms with E-state index in [-0.39, 0.29) is 12.5 Å². The summed E-state index contributed by atoms with van der Waals surface area (Å²) in [4.78, 5) is 34.9. The van der Waals surface area contributed by atoms with E-state index >= 15 is 0 Å². The maximum Gasteiger partial charge on any atom is 0.322 e. The van der Waals surface area contributed by atoms with E-state index in [9.17, 15) is 14.7 Å². The molecule has 116 valence electrons. The van der Waals surface area contributed by atoms with Crippen molar-refractivity contribution in [1.82, 2.24) is 19.8 Å². The number of aromatic nitrogens is 2. The van der Waals surface area contributed by atoms with E-state index in [0.717, 1.165) is 11.3 Å². The van der Waals surface area contributed by atoms with Gasteiger partial charge >= 0.3 is 5.97 Å². The molecule has 0 saturated carbocycles. The van der Waals surface area contributed by atoms with Crippen LogP contribution in [0.15, 0.2) is 18.2 Å². The Morgan fingerprint density at radius 1 is 1.36 bits per heavy atom. The number of para-hydroxylation sites is 1. The number of H-pyrrole nitrogens is 1. The van der Waals surface area contributed by atoms with Crippen LogP contribution in [0.3, 0.4) is 0 Å². The number of carbonyl (C=O) groups is 2. The monoisotopic (exact) mass is 302 g/mol. The van der Waals surface area contributed by atoms with Crippen LogP contribution in [0.1, 0.15) is 16.2 Å². The Morgan fingerprint density at radius 3 is 2.86 bits per heavy atom. The standard InChI is InChI=1S/C15H18N4O3/c1-9-16-11-5-3-4-10(13(11)17-9)14(20)19-7-6-18(2)12(8-19)15(21)22/h3-5,12H,6-8H2,1-2H3,(H,16,17)(H,21,22)/t12-/m1/s1. The Balaban J connectivity index is 1.91. The lowest BCUT2D eigenvalue weighted by Gasteiger charge is -2.37. The molecule has 0 spiro atoms. The molecule has 22 heavy (non-hydrogen) atoms. The number of fused-ring (bicyclic) bond motifs is 1. The number of aryl methyl sites for hydroxylation is 1. The molecule has 0 bridgehead atoms. The number of carboxylic acids is 1. The third-order valence-electron chi connectivity index (χ3n) is 4.08. The smallest absolute Gasteiger partial charge is 0.322 e. The molecule has 1 atom stereocenters. The maximum atomic E-state index is 12.8. The molecule has 1 aliphatic rings. The number of piperazine rings is 1. The molecule has 1 fully saturated rings. The van der Waals surface area contributed by atoms with Gasteiger partial charge in [-0.25, -0.2) is 4.98 Å². The number of aliphatic carboxylic acids is 1. The zero-order valence-corrected chi connectivity index (χ0v) is 12.5. The molecule has 0 aliphatic carbocycles. The largest absolute Gasteiger partial charge is 0.480 e. The predicted octanol–water partition coefficient (Wildman–Crippen LogP) is 0.712. The second kappa shape index (κ2) is 5.42. The SMILES string of the molecule is Cc1nc2c(C(=O)N3CCN(C)[C@@H](C(=O)O)C3)cccc2[nH]1. The average molecular weight is 302 g/mol. The van der Waals surface area contributed by atoms with Gasteiger partial charge in [0.1, 0.15) is 17.4 Å². The molecular formula is C15H18N4O3. The van der Waals surface area contributed by atoms with Gasteiger partial charge in [0.25, 0.3) is 5.91 Å². The number of rotatable bonds is 2. The normalized spacial score (nSPS) is 19.5. The Morgan fingerprint density at radius 2 is 2.14 bits per heavy atom. The molecule has 1 aromatic heterocycles. The third-order valence-corrected chi connectivity index (χ3v) is 4.08. The van der Waals surface area contributed by atoms with Crippen molar-refractivity contribution in [2.75, 3.05) is 26.7 Å². The van der Waals surface area contributed by atoms with Crippen molar-refractivity contribution in [3.8, 4) is 0 Å². The first-order valence-corrected chi connectivity index (χ1v) is 7.15. The van der Waals surface area contributed by atoms with Crippen LogP contribution in [-0.4, -0.2) is 69.5 Å². The van der Waals surface area contributed by atoms with E-state index < -0.39 is 12.0 Å². The minimum absolute atomic E-state index is 0.170. The second-order valence-electron chi connectivity index (χ2n) is 5.61. The molecule has 0 unspecified atom stereocenters. The van der Waals surface area contributed by atoms with Crippen molar-refractivity contribution in [1.29, 1.82) is 0 Å². The van der Waals surface area contributed by atoms with E-state index in [4.69, 9.17) is 0 Å². The van der Waals surface area contributed by atoms with Gasteiger partial charge in [-0.1, -0.05) is 6.07 Å². The number of aromatic amines is 1. The Kier molecular flexibility index (Phi) is 3.58. The number of amides is 1. The van der Waals surface area contributed by atoms with Crippen LogP contribution in [-0.2, 0) is 4.79 Å². The van der Waals surface area contributed by atoms with Crippen LogP contribution in [0.2, 0.25) is 0 Å². The molecule has 1 aromatic carbocycles. The Bertz CT molecular complexity index is 739. The summed E-state index contributed by atoms with van der Waals surface area (Å²) in [5.74, 6) is -0.331. The zero-order valence-electron chi connectivity index (χ0n) is 12.5. The van der Waals surface area contributed by atoms with Crippen LogP contribution < -0.4 is 0 Å². The number of hydrogen-bond acceptors (Lipinski definition) is 4. The number of hydrogen-bond donors (Lipinski definition) is 2. The van der Waals surface area contributed by atoms with Gasteiger partial charge in [-0.2, -0.15) is 0 Å². The van der Waals surface area contributed by atoms with E-state index in [1.54, 1.807) is 29.0 Å². The van der Waals surface area contributed by atoms with Crippen molar-refractivity contribution in [3.63, 3.8) is 0 Å². The molecular weight excluding hydrogens is 284 g/mol. The lowest BCUT2D eigenvalue weighted by atomic mass is 10.1. The van der Waals surface area contributed by atoms with Crippen LogP contribution >= 0.6 is 0 Å². The van der Waals surface area contributed by atoms with Crippen LogP contribution in [0.25, 0.3) is 11.0 Å². The van der Waals surface area contributed by atoms with Gasteiger partial charge in [-0.15, -0.1) is 0 Å². The number of nitrogens with one attached hydrogen (secondary N) is 1. The highest BCUT2D eigenvalue weighted by Gasteiger charge is 2.33. The fourth-order valence-electron chi connectivity index (χ4n) is 2.82. The maximum absolute atomic E-state index is 12.8. The summed E-state index contributed by atoms with van der Waals surface area (Å²) in [5.41, 5.74) is 1.96. The van der Waals surface area contributed by atoms with Crippen LogP contribution in [0.4, 0.5) is 0 Å². The summed E-state index contributed by atoms with van der Waals surface area (Å²) in [7, 11) is 1.76. The van der Waals surface area contributed by atoms with Gasteiger partial charge in [0.2, 0.25) is 0 Å². The molecule has 2 N–H and O–H groups in total. The highest BCUT2D eigenvalue weighted by atomic mass is 16.4. The van der Waals surface area contributed by atoms with Gasteiger partial charge in [0, 0.05) is 19.6 Å². The minimum atomic E-state index is -0.908. The average Bonchev–Trinajstić information content (AvgIpc) is 2.86. The molecule has 2 heterocycles. The first kappa shape index (κ1) is 14.5. The summed E-state index contributed by atoms with van der Waals surface area (Å²) in [6.45, 7) is 3.08. The summed E-state index contributed by atoms with van der Waals surface area (Å²) < 4.78 is 0. The number of benzene rings is 1. The molecule has 7 nitrogen and oxygen atoms in total. The predicted molar refractivity (Wildman–Crippen MR) is 80.8 cm³/mol. The molecule has 3 rings (SSSR count). The van der Waals surface area contributed by atoms with E-state index in [2.05, 4.69) is 9.97 Å². The van der Waals surface area contributed by atoms with Gasteiger partial charge in [-0.3, -0.25) is 14.5 Å². The molecule has 2 aromatic rings. The molecule has 0 radical (unpaired) electrons. The van der Waals surface area contributed by atoms with Crippen molar-refractivity contribution in [3.05, 3.63) is 29.6 Å². The first-order chi connectivity index (χ1) is 10.5. The van der Waals surface area contributed by atoms with Gasteiger partial charge in [0.15, 0.2) is 0 Å². The first-order valence-electron chi connectivity index (χ1n) is 7.15. The van der Waals surface area contributed by atoms with E-state index in [1.165, 1.54) is 0 Å².